The predicted molar refractivity (Wildman–Crippen MR) is 145 cm³/mol. The Balaban J connectivity index is 1.22. The van der Waals surface area contributed by atoms with Crippen molar-refractivity contribution in [1.29, 1.82) is 0 Å². The zero-order valence-corrected chi connectivity index (χ0v) is 22.5. The lowest BCUT2D eigenvalue weighted by molar-refractivity contribution is -0.134. The van der Waals surface area contributed by atoms with E-state index >= 15 is 0 Å². The lowest BCUT2D eigenvalue weighted by Gasteiger charge is -2.40. The molecule has 2 saturated heterocycles. The first-order chi connectivity index (χ1) is 17.9. The summed E-state index contributed by atoms with van der Waals surface area (Å²) < 4.78 is 0. The van der Waals surface area contributed by atoms with E-state index in [1.54, 1.807) is 6.33 Å². The molecule has 1 N–H and O–H groups in total. The fraction of sp³-hybridized carbons (Fsp3) is 0.633. The van der Waals surface area contributed by atoms with Crippen molar-refractivity contribution in [3.05, 3.63) is 53.0 Å². The number of fused-ring (bicyclic) bond motifs is 1. The van der Waals surface area contributed by atoms with Crippen molar-refractivity contribution >= 4 is 11.7 Å². The molecule has 2 unspecified atom stereocenters. The molecule has 198 valence electrons. The second-order valence-corrected chi connectivity index (χ2v) is 11.9. The van der Waals surface area contributed by atoms with Crippen LogP contribution < -0.4 is 4.90 Å². The first-order valence-corrected chi connectivity index (χ1v) is 14.3. The molecule has 6 rings (SSSR count). The van der Waals surface area contributed by atoms with Crippen molar-refractivity contribution in [1.82, 2.24) is 19.8 Å². The number of nitrogens with zero attached hydrogens (tertiary/aromatic N) is 5. The van der Waals surface area contributed by atoms with Crippen LogP contribution in [0.15, 0.2) is 30.6 Å². The van der Waals surface area contributed by atoms with Gasteiger partial charge in [-0.1, -0.05) is 31.2 Å². The largest absolute Gasteiger partial charge is 0.387 e. The van der Waals surface area contributed by atoms with Gasteiger partial charge < -0.3 is 14.9 Å². The van der Waals surface area contributed by atoms with Crippen LogP contribution in [0.2, 0.25) is 0 Å². The van der Waals surface area contributed by atoms with Gasteiger partial charge in [0, 0.05) is 43.8 Å². The number of amides is 1. The molecule has 4 atom stereocenters. The number of benzene rings is 1. The van der Waals surface area contributed by atoms with E-state index in [9.17, 15) is 9.90 Å². The Kier molecular flexibility index (Phi) is 6.70. The smallest absolute Gasteiger partial charge is 0.231 e. The van der Waals surface area contributed by atoms with Crippen molar-refractivity contribution in [2.45, 2.75) is 88.8 Å². The topological polar surface area (TPSA) is 72.8 Å². The quantitative estimate of drug-likeness (QED) is 0.637. The molecule has 2 aliphatic heterocycles. The number of rotatable bonds is 6. The van der Waals surface area contributed by atoms with E-state index in [1.807, 2.05) is 0 Å². The van der Waals surface area contributed by atoms with E-state index < -0.39 is 6.10 Å². The van der Waals surface area contributed by atoms with Crippen LogP contribution in [0, 0.1) is 0 Å². The number of aliphatic hydroxyl groups excluding tert-OH is 1. The van der Waals surface area contributed by atoms with E-state index in [-0.39, 0.29) is 23.8 Å². The van der Waals surface area contributed by atoms with E-state index in [0.29, 0.717) is 25.6 Å². The highest BCUT2D eigenvalue weighted by molar-refractivity contribution is 5.85. The highest BCUT2D eigenvalue weighted by Crippen LogP contribution is 2.43. The van der Waals surface area contributed by atoms with Crippen molar-refractivity contribution in [3.8, 4) is 0 Å². The molecule has 0 bridgehead atoms. The van der Waals surface area contributed by atoms with Gasteiger partial charge in [0.25, 0.3) is 0 Å². The maximum atomic E-state index is 14.2. The fourth-order valence-corrected chi connectivity index (χ4v) is 7.02. The molecule has 0 radical (unpaired) electrons. The number of carbonyl (C=O) groups is 1. The van der Waals surface area contributed by atoms with Crippen molar-refractivity contribution in [2.24, 2.45) is 0 Å². The Hall–Kier alpha value is -2.51. The van der Waals surface area contributed by atoms with Crippen molar-refractivity contribution in [3.63, 3.8) is 0 Å². The van der Waals surface area contributed by atoms with Gasteiger partial charge in [0.2, 0.25) is 5.91 Å². The molecule has 37 heavy (non-hydrogen) atoms. The molecule has 1 aromatic heterocycles. The van der Waals surface area contributed by atoms with Crippen LogP contribution in [0.3, 0.4) is 0 Å². The number of hydrogen-bond acceptors (Lipinski definition) is 6. The molecule has 1 saturated carbocycles. The first-order valence-electron chi connectivity index (χ1n) is 14.3. The zero-order valence-electron chi connectivity index (χ0n) is 22.5. The molecule has 2 aliphatic carbocycles. The zero-order chi connectivity index (χ0) is 25.7. The Labute approximate surface area is 220 Å². The standard InChI is InChI=1S/C30H41N5O2/c1-19(2)35-12-4-5-24(35)27(23-10-8-22(9-11-23)21-6-7-21)30(37)34-15-13-33(14-16-34)29-26-20(3)17-25(36)28(26)31-18-32-29/h8-11,18-21,24-25,27,36H,4-7,12-17H2,1-3H3/t20-,24?,25-,27?/m1/s1. The lowest BCUT2D eigenvalue weighted by Crippen LogP contribution is -2.53. The molecule has 4 aliphatic rings. The summed E-state index contributed by atoms with van der Waals surface area (Å²) in [6.45, 7) is 10.6. The Morgan fingerprint density at radius 2 is 1.73 bits per heavy atom. The summed E-state index contributed by atoms with van der Waals surface area (Å²) in [4.78, 5) is 30.2. The minimum absolute atomic E-state index is 0.122. The van der Waals surface area contributed by atoms with Gasteiger partial charge in [-0.05, 0) is 75.5 Å². The van der Waals surface area contributed by atoms with E-state index in [1.165, 1.54) is 24.0 Å². The van der Waals surface area contributed by atoms with Gasteiger partial charge >= 0.3 is 0 Å². The molecule has 2 aromatic rings. The van der Waals surface area contributed by atoms with Gasteiger partial charge in [-0.25, -0.2) is 9.97 Å². The van der Waals surface area contributed by atoms with Crippen LogP contribution in [0.25, 0.3) is 0 Å². The van der Waals surface area contributed by atoms with Crippen LogP contribution in [0.5, 0.6) is 0 Å². The second kappa shape index (κ2) is 9.99. The Bertz CT molecular complexity index is 1120. The van der Waals surface area contributed by atoms with Crippen LogP contribution in [-0.4, -0.2) is 75.6 Å². The molecular weight excluding hydrogens is 462 g/mol. The van der Waals surface area contributed by atoms with E-state index in [0.717, 1.165) is 55.5 Å². The minimum atomic E-state index is -0.503. The maximum absolute atomic E-state index is 14.2. The van der Waals surface area contributed by atoms with Gasteiger partial charge in [0.05, 0.1) is 17.7 Å². The summed E-state index contributed by atoms with van der Waals surface area (Å²) in [6, 6.07) is 9.70. The Morgan fingerprint density at radius 1 is 1.00 bits per heavy atom. The summed E-state index contributed by atoms with van der Waals surface area (Å²) in [7, 11) is 0. The predicted octanol–water partition coefficient (Wildman–Crippen LogP) is 4.20. The average Bonchev–Trinajstić information content (AvgIpc) is 3.57. The lowest BCUT2D eigenvalue weighted by atomic mass is 9.87. The minimum Gasteiger partial charge on any atom is -0.387 e. The number of anilines is 1. The number of hydrogen-bond donors (Lipinski definition) is 1. The molecule has 3 heterocycles. The molecular formula is C30H41N5O2. The number of aliphatic hydroxyl groups is 1. The maximum Gasteiger partial charge on any atom is 0.231 e. The monoisotopic (exact) mass is 503 g/mol. The second-order valence-electron chi connectivity index (χ2n) is 11.9. The molecule has 1 aromatic carbocycles. The summed E-state index contributed by atoms with van der Waals surface area (Å²) in [5, 5.41) is 10.4. The number of carbonyl (C=O) groups excluding carboxylic acids is 1. The van der Waals surface area contributed by atoms with Crippen molar-refractivity contribution < 1.29 is 9.90 Å². The van der Waals surface area contributed by atoms with Gasteiger partial charge in [-0.2, -0.15) is 0 Å². The normalized spacial score (nSPS) is 27.1. The molecule has 1 amide bonds. The highest BCUT2D eigenvalue weighted by Gasteiger charge is 2.41. The number of aromatic nitrogens is 2. The van der Waals surface area contributed by atoms with Gasteiger partial charge in [0.15, 0.2) is 0 Å². The van der Waals surface area contributed by atoms with Gasteiger partial charge in [-0.3, -0.25) is 9.69 Å². The van der Waals surface area contributed by atoms with Crippen LogP contribution in [0.1, 0.15) is 99.1 Å². The third-order valence-corrected chi connectivity index (χ3v) is 9.17. The van der Waals surface area contributed by atoms with Crippen LogP contribution in [0.4, 0.5) is 5.82 Å². The Morgan fingerprint density at radius 3 is 2.41 bits per heavy atom. The molecule has 0 spiro atoms. The van der Waals surface area contributed by atoms with Gasteiger partial charge in [-0.15, -0.1) is 0 Å². The average molecular weight is 504 g/mol. The van der Waals surface area contributed by atoms with Crippen LogP contribution >= 0.6 is 0 Å². The fourth-order valence-electron chi connectivity index (χ4n) is 7.02. The number of likely N-dealkylation sites (tertiary alicyclic amines) is 1. The summed E-state index contributed by atoms with van der Waals surface area (Å²) in [5.74, 6) is 2.06. The van der Waals surface area contributed by atoms with Gasteiger partial charge in [0.1, 0.15) is 12.1 Å². The molecule has 7 heteroatoms. The summed E-state index contributed by atoms with van der Waals surface area (Å²) in [5.41, 5.74) is 4.46. The van der Waals surface area contributed by atoms with E-state index in [4.69, 9.17) is 0 Å². The highest BCUT2D eigenvalue weighted by atomic mass is 16.3. The summed E-state index contributed by atoms with van der Waals surface area (Å²) in [6.07, 6.45) is 6.60. The third kappa shape index (κ3) is 4.65. The SMILES string of the molecule is CC(C)N1CCCC1C(C(=O)N1CCN(c2ncnc3c2[C@H](C)C[C@H]3O)CC1)c1ccc(C2CC2)cc1. The first kappa shape index (κ1) is 24.8. The van der Waals surface area contributed by atoms with E-state index in [2.05, 4.69) is 69.7 Å². The third-order valence-electron chi connectivity index (χ3n) is 9.17. The molecule has 7 nitrogen and oxygen atoms in total. The van der Waals surface area contributed by atoms with Crippen molar-refractivity contribution in [2.75, 3.05) is 37.6 Å². The molecule has 3 fully saturated rings. The van der Waals surface area contributed by atoms with Crippen LogP contribution in [-0.2, 0) is 4.79 Å². The number of piperazine rings is 1. The summed E-state index contributed by atoms with van der Waals surface area (Å²) >= 11 is 0.